The largest absolute Gasteiger partial charge is 0.508 e. The molecule has 0 saturated carbocycles. The van der Waals surface area contributed by atoms with E-state index in [4.69, 9.17) is 5.73 Å². The van der Waals surface area contributed by atoms with Gasteiger partial charge in [0.1, 0.15) is 11.5 Å². The van der Waals surface area contributed by atoms with E-state index in [9.17, 15) is 10.2 Å². The third-order valence-corrected chi connectivity index (χ3v) is 2.52. The van der Waals surface area contributed by atoms with Crippen molar-refractivity contribution in [3.63, 3.8) is 0 Å². The molecule has 1 heterocycles. The Bertz CT molecular complexity index is 520. The van der Waals surface area contributed by atoms with Gasteiger partial charge >= 0.3 is 0 Å². The zero-order chi connectivity index (χ0) is 11.7. The lowest BCUT2D eigenvalue weighted by Gasteiger charge is -2.08. The quantitative estimate of drug-likeness (QED) is 0.617. The van der Waals surface area contributed by atoms with Crippen LogP contribution in [0.3, 0.4) is 0 Å². The number of aromatic nitrogens is 2. The molecule has 1 aromatic carbocycles. The number of hydrogen-bond donors (Lipinski definition) is 4. The number of aromatic hydroxyl groups is 2. The number of anilines is 1. The molecule has 2 rings (SSSR count). The smallest absolute Gasteiger partial charge is 0.128 e. The van der Waals surface area contributed by atoms with Gasteiger partial charge in [0, 0.05) is 11.6 Å². The average molecular weight is 219 g/mol. The number of phenols is 2. The summed E-state index contributed by atoms with van der Waals surface area (Å²) in [5.74, 6) is 0.0625. The summed E-state index contributed by atoms with van der Waals surface area (Å²) in [6, 6.07) is 3.02. The SMILES string of the molecule is CCc1cc(-c2[nH]ncc2N)c(O)cc1O. The minimum Gasteiger partial charge on any atom is -0.508 e. The van der Waals surface area contributed by atoms with Crippen LogP contribution in [0.15, 0.2) is 18.3 Å². The number of H-pyrrole nitrogens is 1. The molecule has 5 heteroatoms. The summed E-state index contributed by atoms with van der Waals surface area (Å²) in [7, 11) is 0. The molecule has 84 valence electrons. The number of nitrogens with two attached hydrogens (primary N) is 1. The van der Waals surface area contributed by atoms with E-state index in [1.807, 2.05) is 6.92 Å². The molecule has 1 aromatic heterocycles. The highest BCUT2D eigenvalue weighted by Crippen LogP contribution is 2.36. The van der Waals surface area contributed by atoms with Crippen molar-refractivity contribution in [2.45, 2.75) is 13.3 Å². The number of hydrogen-bond acceptors (Lipinski definition) is 4. The standard InChI is InChI=1S/C11H13N3O2/c1-2-6-3-7(10(16)4-9(6)15)11-8(12)5-13-14-11/h3-5,15-16H,2,12H2,1H3,(H,13,14). The van der Waals surface area contributed by atoms with Crippen LogP contribution in [0, 0.1) is 0 Å². The lowest BCUT2D eigenvalue weighted by atomic mass is 10.0. The van der Waals surface area contributed by atoms with Crippen molar-refractivity contribution in [2.75, 3.05) is 5.73 Å². The van der Waals surface area contributed by atoms with Crippen LogP contribution in [-0.2, 0) is 6.42 Å². The van der Waals surface area contributed by atoms with Crippen LogP contribution in [-0.4, -0.2) is 20.4 Å². The maximum atomic E-state index is 9.74. The Kier molecular flexibility index (Phi) is 2.44. The molecule has 0 unspecified atom stereocenters. The highest BCUT2D eigenvalue weighted by atomic mass is 16.3. The van der Waals surface area contributed by atoms with Crippen molar-refractivity contribution in [1.29, 1.82) is 0 Å². The van der Waals surface area contributed by atoms with E-state index in [0.717, 1.165) is 5.56 Å². The van der Waals surface area contributed by atoms with Crippen LogP contribution < -0.4 is 5.73 Å². The normalized spacial score (nSPS) is 10.6. The van der Waals surface area contributed by atoms with Crippen molar-refractivity contribution in [1.82, 2.24) is 10.2 Å². The molecule has 5 nitrogen and oxygen atoms in total. The highest BCUT2D eigenvalue weighted by molar-refractivity contribution is 5.77. The summed E-state index contributed by atoms with van der Waals surface area (Å²) in [4.78, 5) is 0. The third kappa shape index (κ3) is 1.56. The molecular formula is C11H13N3O2. The molecule has 16 heavy (non-hydrogen) atoms. The second kappa shape index (κ2) is 3.77. The molecule has 0 fully saturated rings. The zero-order valence-corrected chi connectivity index (χ0v) is 8.86. The first kappa shape index (κ1) is 10.4. The van der Waals surface area contributed by atoms with Gasteiger partial charge in [0.05, 0.1) is 17.6 Å². The van der Waals surface area contributed by atoms with Gasteiger partial charge in [0.2, 0.25) is 0 Å². The minimum absolute atomic E-state index is 0.0225. The van der Waals surface area contributed by atoms with E-state index >= 15 is 0 Å². The van der Waals surface area contributed by atoms with Gasteiger partial charge in [-0.1, -0.05) is 6.92 Å². The molecule has 5 N–H and O–H groups in total. The van der Waals surface area contributed by atoms with Crippen LogP contribution in [0.1, 0.15) is 12.5 Å². The van der Waals surface area contributed by atoms with Gasteiger partial charge < -0.3 is 15.9 Å². The highest BCUT2D eigenvalue weighted by Gasteiger charge is 2.13. The Labute approximate surface area is 92.5 Å². The molecule has 0 aliphatic carbocycles. The summed E-state index contributed by atoms with van der Waals surface area (Å²) in [5, 5.41) is 25.8. The molecule has 2 aromatic rings. The van der Waals surface area contributed by atoms with Gasteiger partial charge in [-0.3, -0.25) is 5.10 Å². The Morgan fingerprint density at radius 3 is 2.62 bits per heavy atom. The molecule has 0 aliphatic rings. The third-order valence-electron chi connectivity index (χ3n) is 2.52. The molecule has 0 aliphatic heterocycles. The summed E-state index contributed by atoms with van der Waals surface area (Å²) in [6.07, 6.45) is 2.15. The van der Waals surface area contributed by atoms with Crippen molar-refractivity contribution >= 4 is 5.69 Å². The lowest BCUT2D eigenvalue weighted by Crippen LogP contribution is -1.90. The number of rotatable bonds is 2. The van der Waals surface area contributed by atoms with Gasteiger partial charge in [0.25, 0.3) is 0 Å². The first-order valence-corrected chi connectivity index (χ1v) is 4.97. The lowest BCUT2D eigenvalue weighted by molar-refractivity contribution is 0.447. The second-order valence-electron chi connectivity index (χ2n) is 3.55. The van der Waals surface area contributed by atoms with E-state index in [2.05, 4.69) is 10.2 Å². The predicted octanol–water partition coefficient (Wildman–Crippen LogP) is 1.63. The van der Waals surface area contributed by atoms with Crippen molar-refractivity contribution < 1.29 is 10.2 Å². The number of nitrogen functional groups attached to an aromatic ring is 1. The number of aryl methyl sites for hydroxylation is 1. The van der Waals surface area contributed by atoms with E-state index in [-0.39, 0.29) is 11.5 Å². The fourth-order valence-corrected chi connectivity index (χ4v) is 1.62. The van der Waals surface area contributed by atoms with E-state index in [1.54, 1.807) is 6.07 Å². The number of nitrogens with one attached hydrogen (secondary N) is 1. The van der Waals surface area contributed by atoms with Crippen molar-refractivity contribution in [3.8, 4) is 22.8 Å². The topological polar surface area (TPSA) is 95.2 Å². The van der Waals surface area contributed by atoms with Crippen LogP contribution in [0.25, 0.3) is 11.3 Å². The van der Waals surface area contributed by atoms with E-state index in [1.165, 1.54) is 12.3 Å². The predicted molar refractivity (Wildman–Crippen MR) is 61.1 cm³/mol. The Morgan fingerprint density at radius 2 is 2.06 bits per heavy atom. The zero-order valence-electron chi connectivity index (χ0n) is 8.86. The molecule has 0 bridgehead atoms. The van der Waals surface area contributed by atoms with E-state index in [0.29, 0.717) is 23.4 Å². The van der Waals surface area contributed by atoms with Crippen molar-refractivity contribution in [3.05, 3.63) is 23.9 Å². The van der Waals surface area contributed by atoms with Gasteiger partial charge in [-0.05, 0) is 18.1 Å². The summed E-state index contributed by atoms with van der Waals surface area (Å²) in [5.41, 5.74) is 8.02. The minimum atomic E-state index is -0.0225. The van der Waals surface area contributed by atoms with Crippen LogP contribution >= 0.6 is 0 Å². The molecule has 0 spiro atoms. The molecule has 0 radical (unpaired) electrons. The fourth-order valence-electron chi connectivity index (χ4n) is 1.62. The summed E-state index contributed by atoms with van der Waals surface area (Å²) < 4.78 is 0. The average Bonchev–Trinajstić information content (AvgIpc) is 2.65. The first-order chi connectivity index (χ1) is 7.63. The number of phenolic OH excluding ortho intramolecular Hbond substituents is 2. The second-order valence-corrected chi connectivity index (χ2v) is 3.55. The Hall–Kier alpha value is -2.17. The Morgan fingerprint density at radius 1 is 1.31 bits per heavy atom. The van der Waals surface area contributed by atoms with E-state index < -0.39 is 0 Å². The van der Waals surface area contributed by atoms with Gasteiger partial charge in [-0.25, -0.2) is 0 Å². The molecule has 0 amide bonds. The summed E-state index contributed by atoms with van der Waals surface area (Å²) in [6.45, 7) is 1.92. The van der Waals surface area contributed by atoms with Crippen LogP contribution in [0.4, 0.5) is 5.69 Å². The van der Waals surface area contributed by atoms with Gasteiger partial charge in [-0.15, -0.1) is 0 Å². The maximum Gasteiger partial charge on any atom is 0.128 e. The number of nitrogens with zero attached hydrogens (tertiary/aromatic N) is 1. The van der Waals surface area contributed by atoms with Crippen molar-refractivity contribution in [2.24, 2.45) is 0 Å². The summed E-state index contributed by atoms with van der Waals surface area (Å²) >= 11 is 0. The van der Waals surface area contributed by atoms with Gasteiger partial charge in [-0.2, -0.15) is 5.10 Å². The molecular weight excluding hydrogens is 206 g/mol. The first-order valence-electron chi connectivity index (χ1n) is 4.97. The number of benzene rings is 1. The molecule has 0 saturated heterocycles. The fraction of sp³-hybridized carbons (Fsp3) is 0.182. The van der Waals surface area contributed by atoms with Gasteiger partial charge in [0.15, 0.2) is 0 Å². The Balaban J connectivity index is 2.61. The monoisotopic (exact) mass is 219 g/mol. The number of aromatic amines is 1. The van der Waals surface area contributed by atoms with Crippen LogP contribution in [0.2, 0.25) is 0 Å². The maximum absolute atomic E-state index is 9.74. The molecule has 0 atom stereocenters. The van der Waals surface area contributed by atoms with Crippen LogP contribution in [0.5, 0.6) is 11.5 Å².